The Kier molecular flexibility index (Phi) is 4.02. The first-order valence-electron chi connectivity index (χ1n) is 7.44. The largest absolute Gasteiger partial charge is 0.459 e. The van der Waals surface area contributed by atoms with E-state index in [1.165, 1.54) is 0 Å². The molecule has 1 aromatic rings. The first-order chi connectivity index (χ1) is 10.9. The predicted molar refractivity (Wildman–Crippen MR) is 82.6 cm³/mol. The summed E-state index contributed by atoms with van der Waals surface area (Å²) in [5.74, 6) is -0.814. The van der Waals surface area contributed by atoms with E-state index in [9.17, 15) is 14.4 Å². The van der Waals surface area contributed by atoms with Crippen LogP contribution >= 0.6 is 11.6 Å². The molecule has 1 aliphatic heterocycles. The number of rotatable bonds is 5. The monoisotopic (exact) mass is 336 g/mol. The number of urea groups is 1. The number of hydrogen-bond acceptors (Lipinski definition) is 4. The molecule has 122 valence electrons. The highest BCUT2D eigenvalue weighted by molar-refractivity contribution is 6.30. The molecule has 6 nitrogen and oxygen atoms in total. The number of amides is 3. The zero-order chi connectivity index (χ0) is 16.6. The van der Waals surface area contributed by atoms with Crippen LogP contribution in [0.5, 0.6) is 0 Å². The second kappa shape index (κ2) is 5.85. The van der Waals surface area contributed by atoms with E-state index in [2.05, 4.69) is 5.32 Å². The Hall–Kier alpha value is -2.08. The van der Waals surface area contributed by atoms with Crippen LogP contribution in [0.2, 0.25) is 5.02 Å². The third-order valence-corrected chi connectivity index (χ3v) is 4.55. The van der Waals surface area contributed by atoms with Crippen LogP contribution in [0.15, 0.2) is 24.3 Å². The summed E-state index contributed by atoms with van der Waals surface area (Å²) in [4.78, 5) is 37.2. The van der Waals surface area contributed by atoms with Gasteiger partial charge in [0, 0.05) is 5.02 Å². The quantitative estimate of drug-likeness (QED) is 0.660. The number of nitrogens with zero attached hydrogens (tertiary/aromatic N) is 1. The maximum Gasteiger partial charge on any atom is 0.326 e. The van der Waals surface area contributed by atoms with Crippen molar-refractivity contribution in [2.45, 2.75) is 31.9 Å². The Labute approximate surface area is 138 Å². The summed E-state index contributed by atoms with van der Waals surface area (Å²) in [6.45, 7) is 1.41. The lowest BCUT2D eigenvalue weighted by atomic mass is 9.96. The first-order valence-corrected chi connectivity index (χ1v) is 7.82. The standard InChI is InChI=1S/C16H17ClN2O4/c1-16(11-4-5-11)14(21)19(15(22)18-16)8-13(20)23-9-10-2-6-12(17)7-3-10/h2-3,6-7,11H,4-5,8-9H2,1H3,(H,18,22)/t16-/m1/s1. The molecule has 1 N–H and O–H groups in total. The lowest BCUT2D eigenvalue weighted by Gasteiger charge is -2.20. The molecule has 0 spiro atoms. The molecule has 1 aliphatic carbocycles. The van der Waals surface area contributed by atoms with Gasteiger partial charge in [0.1, 0.15) is 18.7 Å². The van der Waals surface area contributed by atoms with Crippen molar-refractivity contribution in [3.8, 4) is 0 Å². The number of halogens is 1. The molecule has 1 aromatic carbocycles. The van der Waals surface area contributed by atoms with E-state index in [4.69, 9.17) is 16.3 Å². The van der Waals surface area contributed by atoms with Crippen molar-refractivity contribution >= 4 is 29.5 Å². The Morgan fingerprint density at radius 3 is 2.61 bits per heavy atom. The Balaban J connectivity index is 1.56. The molecule has 23 heavy (non-hydrogen) atoms. The number of carbonyl (C=O) groups excluding carboxylic acids is 3. The molecule has 0 radical (unpaired) electrons. The van der Waals surface area contributed by atoms with Crippen molar-refractivity contribution in [2.24, 2.45) is 5.92 Å². The van der Waals surface area contributed by atoms with E-state index in [-0.39, 0.29) is 25.0 Å². The Morgan fingerprint density at radius 2 is 2.00 bits per heavy atom. The zero-order valence-corrected chi connectivity index (χ0v) is 13.4. The summed E-state index contributed by atoms with van der Waals surface area (Å²) in [5, 5.41) is 3.29. The summed E-state index contributed by atoms with van der Waals surface area (Å²) >= 11 is 5.78. The van der Waals surface area contributed by atoms with Gasteiger partial charge in [0.05, 0.1) is 0 Å². The maximum atomic E-state index is 12.4. The van der Waals surface area contributed by atoms with Crippen LogP contribution in [0.3, 0.4) is 0 Å². The van der Waals surface area contributed by atoms with Gasteiger partial charge in [0.15, 0.2) is 0 Å². The van der Waals surface area contributed by atoms with Crippen molar-refractivity contribution in [1.82, 2.24) is 10.2 Å². The number of ether oxygens (including phenoxy) is 1. The van der Waals surface area contributed by atoms with Gasteiger partial charge in [-0.25, -0.2) is 4.79 Å². The van der Waals surface area contributed by atoms with Gasteiger partial charge in [0.2, 0.25) is 0 Å². The molecule has 2 aliphatic rings. The van der Waals surface area contributed by atoms with Gasteiger partial charge in [0.25, 0.3) is 5.91 Å². The van der Waals surface area contributed by atoms with Crippen LogP contribution in [-0.4, -0.2) is 34.9 Å². The SMILES string of the molecule is C[C@]1(C2CC2)NC(=O)N(CC(=O)OCc2ccc(Cl)cc2)C1=O. The molecule has 1 saturated heterocycles. The second-order valence-corrected chi connectivity index (χ2v) is 6.52. The number of hydrogen-bond donors (Lipinski definition) is 1. The summed E-state index contributed by atoms with van der Waals surface area (Å²) in [7, 11) is 0. The highest BCUT2D eigenvalue weighted by Gasteiger charge is 2.56. The Morgan fingerprint density at radius 1 is 1.35 bits per heavy atom. The fourth-order valence-electron chi connectivity index (χ4n) is 2.72. The number of benzene rings is 1. The lowest BCUT2D eigenvalue weighted by Crippen LogP contribution is -2.46. The molecule has 3 rings (SSSR count). The van der Waals surface area contributed by atoms with Crippen molar-refractivity contribution in [3.63, 3.8) is 0 Å². The predicted octanol–water partition coefficient (Wildman–Crippen LogP) is 2.10. The normalized spacial score (nSPS) is 23.8. The lowest BCUT2D eigenvalue weighted by molar-refractivity contribution is -0.148. The van der Waals surface area contributed by atoms with Gasteiger partial charge in [-0.05, 0) is 43.4 Å². The fourth-order valence-corrected chi connectivity index (χ4v) is 2.84. The van der Waals surface area contributed by atoms with E-state index >= 15 is 0 Å². The van der Waals surface area contributed by atoms with Crippen LogP contribution in [-0.2, 0) is 20.9 Å². The van der Waals surface area contributed by atoms with Gasteiger partial charge >= 0.3 is 12.0 Å². The van der Waals surface area contributed by atoms with Gasteiger partial charge in [-0.3, -0.25) is 14.5 Å². The molecular weight excluding hydrogens is 320 g/mol. The molecule has 1 atom stereocenters. The van der Waals surface area contributed by atoms with Crippen LogP contribution < -0.4 is 5.32 Å². The molecular formula is C16H17ClN2O4. The average Bonchev–Trinajstić information content (AvgIpc) is 3.33. The topological polar surface area (TPSA) is 75.7 Å². The minimum Gasteiger partial charge on any atom is -0.459 e. The molecule has 1 saturated carbocycles. The molecule has 7 heteroatoms. The summed E-state index contributed by atoms with van der Waals surface area (Å²) in [6.07, 6.45) is 1.83. The molecule has 1 heterocycles. The van der Waals surface area contributed by atoms with Crippen molar-refractivity contribution in [1.29, 1.82) is 0 Å². The molecule has 3 amide bonds. The third kappa shape index (κ3) is 3.17. The number of esters is 1. The molecule has 0 unspecified atom stereocenters. The second-order valence-electron chi connectivity index (χ2n) is 6.09. The summed E-state index contributed by atoms with van der Waals surface area (Å²) < 4.78 is 5.11. The zero-order valence-electron chi connectivity index (χ0n) is 12.7. The van der Waals surface area contributed by atoms with E-state index in [0.717, 1.165) is 23.3 Å². The van der Waals surface area contributed by atoms with Gasteiger partial charge in [-0.1, -0.05) is 23.7 Å². The van der Waals surface area contributed by atoms with Crippen LogP contribution in [0.1, 0.15) is 25.3 Å². The molecule has 0 bridgehead atoms. The van der Waals surface area contributed by atoms with Crippen molar-refractivity contribution in [3.05, 3.63) is 34.9 Å². The van der Waals surface area contributed by atoms with Crippen LogP contribution in [0.4, 0.5) is 4.79 Å². The van der Waals surface area contributed by atoms with Crippen LogP contribution in [0.25, 0.3) is 0 Å². The average molecular weight is 337 g/mol. The number of imide groups is 1. The highest BCUT2D eigenvalue weighted by atomic mass is 35.5. The molecule has 0 aromatic heterocycles. The van der Waals surface area contributed by atoms with E-state index < -0.39 is 17.5 Å². The van der Waals surface area contributed by atoms with Gasteiger partial charge in [-0.2, -0.15) is 0 Å². The first kappa shape index (κ1) is 15.8. The van der Waals surface area contributed by atoms with Gasteiger partial charge in [-0.15, -0.1) is 0 Å². The van der Waals surface area contributed by atoms with Crippen molar-refractivity contribution < 1.29 is 19.1 Å². The highest BCUT2D eigenvalue weighted by Crippen LogP contribution is 2.42. The summed E-state index contributed by atoms with van der Waals surface area (Å²) in [5.41, 5.74) is -0.101. The minimum absolute atomic E-state index is 0.0690. The smallest absolute Gasteiger partial charge is 0.326 e. The van der Waals surface area contributed by atoms with Crippen molar-refractivity contribution in [2.75, 3.05) is 6.54 Å². The van der Waals surface area contributed by atoms with Crippen LogP contribution in [0, 0.1) is 5.92 Å². The minimum atomic E-state index is -0.881. The third-order valence-electron chi connectivity index (χ3n) is 4.30. The number of nitrogens with one attached hydrogen (secondary N) is 1. The van der Waals surface area contributed by atoms with E-state index in [0.29, 0.717) is 5.02 Å². The van der Waals surface area contributed by atoms with E-state index in [1.54, 1.807) is 31.2 Å². The number of carbonyl (C=O) groups is 3. The summed E-state index contributed by atoms with van der Waals surface area (Å²) in [6, 6.07) is 6.35. The van der Waals surface area contributed by atoms with Gasteiger partial charge < -0.3 is 10.1 Å². The fraction of sp³-hybridized carbons (Fsp3) is 0.438. The van der Waals surface area contributed by atoms with E-state index in [1.807, 2.05) is 0 Å². The Bertz CT molecular complexity index is 657. The maximum absolute atomic E-state index is 12.4. The molecule has 2 fully saturated rings.